The number of benzene rings is 3. The molecule has 0 unspecified atom stereocenters. The molecule has 2 aromatic heterocycles. The van der Waals surface area contributed by atoms with Crippen molar-refractivity contribution >= 4 is 27.6 Å². The van der Waals surface area contributed by atoms with Crippen LogP contribution in [0.15, 0.2) is 48.5 Å². The van der Waals surface area contributed by atoms with Crippen LogP contribution in [0.2, 0.25) is 0 Å². The van der Waals surface area contributed by atoms with E-state index in [0.717, 1.165) is 27.4 Å². The average molecular weight is 578 g/mol. The molecule has 0 aliphatic heterocycles. The van der Waals surface area contributed by atoms with Crippen molar-refractivity contribution < 1.29 is 23.0 Å². The Kier molecular flexibility index (Phi) is 11.2. The fourth-order valence-electron chi connectivity index (χ4n) is 5.09. The predicted octanol–water partition coefficient (Wildman–Crippen LogP) is 8.86. The van der Waals surface area contributed by atoms with Crippen molar-refractivity contribution in [3.8, 4) is 16.9 Å². The maximum atomic E-state index is 15.3. The van der Waals surface area contributed by atoms with Crippen LogP contribution in [0.1, 0.15) is 68.5 Å². The zero-order valence-electron chi connectivity index (χ0n) is 25.8. The van der Waals surface area contributed by atoms with E-state index in [1.807, 2.05) is 66.8 Å². The number of hydrogen-bond acceptors (Lipinski definition) is 4. The molecule has 0 fully saturated rings. The van der Waals surface area contributed by atoms with Crippen molar-refractivity contribution in [2.75, 3.05) is 13.2 Å². The van der Waals surface area contributed by atoms with E-state index in [4.69, 9.17) is 9.47 Å². The standard InChI is InChI=1S/C30H29F2N3O3.2C2H6/c1-5-37-30(36)29-22(9-7-15-38-25-10-6-8-19-16-20(31)11-12-21(19)25)23-13-14-24(32)27(28(23)33-29)26-17(2)34-35(4)18(26)3;2*1-2/h6,8,10-14,16,33H,5,7,9,15H2,1-4H3;2*1-2H3. The summed E-state index contributed by atoms with van der Waals surface area (Å²) in [6, 6.07) is 13.2. The third-order valence-electron chi connectivity index (χ3n) is 6.90. The van der Waals surface area contributed by atoms with Gasteiger partial charge in [-0.3, -0.25) is 4.68 Å². The number of nitrogens with zero attached hydrogens (tertiary/aromatic N) is 2. The molecule has 224 valence electrons. The Labute approximate surface area is 246 Å². The van der Waals surface area contributed by atoms with Crippen molar-refractivity contribution in [2.24, 2.45) is 7.05 Å². The summed E-state index contributed by atoms with van der Waals surface area (Å²) >= 11 is 0. The quantitative estimate of drug-likeness (QED) is 0.148. The predicted molar refractivity (Wildman–Crippen MR) is 166 cm³/mol. The van der Waals surface area contributed by atoms with Crippen LogP contribution in [0, 0.1) is 25.5 Å². The number of rotatable bonds is 8. The van der Waals surface area contributed by atoms with Crippen LogP contribution in [0.25, 0.3) is 32.8 Å². The first kappa shape index (κ1) is 32.3. The van der Waals surface area contributed by atoms with Gasteiger partial charge in [-0.2, -0.15) is 5.10 Å². The van der Waals surface area contributed by atoms with Crippen LogP contribution in [0.5, 0.6) is 5.75 Å². The first-order valence-corrected chi connectivity index (χ1v) is 14.6. The van der Waals surface area contributed by atoms with E-state index in [-0.39, 0.29) is 12.4 Å². The Morgan fingerprint density at radius 1 is 0.976 bits per heavy atom. The minimum absolute atomic E-state index is 0.223. The van der Waals surface area contributed by atoms with Gasteiger partial charge in [-0.05, 0) is 81.0 Å². The molecule has 42 heavy (non-hydrogen) atoms. The van der Waals surface area contributed by atoms with Gasteiger partial charge in [0.1, 0.15) is 23.1 Å². The van der Waals surface area contributed by atoms with E-state index >= 15 is 4.39 Å². The van der Waals surface area contributed by atoms with Gasteiger partial charge < -0.3 is 14.5 Å². The fourth-order valence-corrected chi connectivity index (χ4v) is 5.09. The van der Waals surface area contributed by atoms with E-state index in [1.54, 1.807) is 23.7 Å². The molecule has 1 N–H and O–H groups in total. The fraction of sp³-hybridized carbons (Fsp3) is 0.353. The molecule has 0 saturated heterocycles. The van der Waals surface area contributed by atoms with E-state index in [1.165, 1.54) is 18.2 Å². The van der Waals surface area contributed by atoms with Gasteiger partial charge in [0, 0.05) is 34.6 Å². The lowest BCUT2D eigenvalue weighted by Crippen LogP contribution is -2.09. The Morgan fingerprint density at radius 2 is 1.69 bits per heavy atom. The number of ether oxygens (including phenoxy) is 2. The first-order chi connectivity index (χ1) is 20.3. The maximum Gasteiger partial charge on any atom is 0.355 e. The van der Waals surface area contributed by atoms with Crippen LogP contribution in [-0.4, -0.2) is 33.9 Å². The summed E-state index contributed by atoms with van der Waals surface area (Å²) in [5.74, 6) is -0.510. The lowest BCUT2D eigenvalue weighted by atomic mass is 9.98. The highest BCUT2D eigenvalue weighted by atomic mass is 19.1. The maximum absolute atomic E-state index is 15.3. The van der Waals surface area contributed by atoms with Gasteiger partial charge in [0.2, 0.25) is 0 Å². The number of hydrogen-bond donors (Lipinski definition) is 1. The third-order valence-corrected chi connectivity index (χ3v) is 6.90. The zero-order chi connectivity index (χ0) is 31.0. The normalized spacial score (nSPS) is 10.6. The number of fused-ring (bicyclic) bond motifs is 2. The second-order valence-corrected chi connectivity index (χ2v) is 9.29. The number of halogens is 2. The molecule has 0 amide bonds. The minimum atomic E-state index is -0.485. The molecule has 5 rings (SSSR count). The molecule has 0 aliphatic rings. The first-order valence-electron chi connectivity index (χ1n) is 14.6. The van der Waals surface area contributed by atoms with E-state index < -0.39 is 11.8 Å². The van der Waals surface area contributed by atoms with Crippen LogP contribution < -0.4 is 4.74 Å². The van der Waals surface area contributed by atoms with Crippen molar-refractivity contribution in [1.82, 2.24) is 14.8 Å². The summed E-state index contributed by atoms with van der Waals surface area (Å²) in [6.45, 7) is 14.1. The van der Waals surface area contributed by atoms with Gasteiger partial charge in [0.25, 0.3) is 0 Å². The second-order valence-electron chi connectivity index (χ2n) is 9.29. The number of aromatic amines is 1. The van der Waals surface area contributed by atoms with Crippen LogP contribution >= 0.6 is 0 Å². The van der Waals surface area contributed by atoms with Crippen LogP contribution in [-0.2, 0) is 18.2 Å². The molecule has 0 saturated carbocycles. The van der Waals surface area contributed by atoms with Gasteiger partial charge >= 0.3 is 5.97 Å². The SMILES string of the molecule is CC.CC.CCOC(=O)c1[nH]c2c(-c3c(C)nn(C)c3C)c(F)ccc2c1CCCOc1cccc2cc(F)ccc12. The molecule has 6 nitrogen and oxygen atoms in total. The summed E-state index contributed by atoms with van der Waals surface area (Å²) in [5.41, 5.74) is 4.23. The Balaban J connectivity index is 0.00000116. The zero-order valence-corrected chi connectivity index (χ0v) is 25.8. The molecular formula is C34H41F2N3O3. The number of H-pyrrole nitrogens is 1. The van der Waals surface area contributed by atoms with E-state index in [2.05, 4.69) is 10.1 Å². The summed E-state index contributed by atoms with van der Waals surface area (Å²) in [7, 11) is 1.82. The van der Waals surface area contributed by atoms with Gasteiger partial charge in [-0.25, -0.2) is 13.6 Å². The molecule has 5 aromatic rings. The number of aromatic nitrogens is 3. The summed E-state index contributed by atoms with van der Waals surface area (Å²) in [6.07, 6.45) is 1.10. The Bertz CT molecular complexity index is 1670. The lowest BCUT2D eigenvalue weighted by molar-refractivity contribution is 0.0519. The largest absolute Gasteiger partial charge is 0.493 e. The average Bonchev–Trinajstić information content (AvgIpc) is 3.48. The smallest absolute Gasteiger partial charge is 0.355 e. The van der Waals surface area contributed by atoms with E-state index in [0.29, 0.717) is 53.2 Å². The van der Waals surface area contributed by atoms with Crippen molar-refractivity contribution in [3.63, 3.8) is 0 Å². The van der Waals surface area contributed by atoms with Gasteiger partial charge in [0.15, 0.2) is 0 Å². The second kappa shape index (κ2) is 14.6. The molecular weight excluding hydrogens is 536 g/mol. The summed E-state index contributed by atoms with van der Waals surface area (Å²) in [5, 5.41) is 6.80. The number of esters is 1. The van der Waals surface area contributed by atoms with Crippen molar-refractivity contribution in [1.29, 1.82) is 0 Å². The van der Waals surface area contributed by atoms with E-state index in [9.17, 15) is 9.18 Å². The molecule has 0 radical (unpaired) electrons. The highest BCUT2D eigenvalue weighted by molar-refractivity contribution is 6.04. The number of carbonyl (C=O) groups is 1. The molecule has 0 spiro atoms. The highest BCUT2D eigenvalue weighted by Crippen LogP contribution is 2.37. The van der Waals surface area contributed by atoms with Crippen LogP contribution in [0.3, 0.4) is 0 Å². The van der Waals surface area contributed by atoms with Gasteiger partial charge in [-0.1, -0.05) is 39.8 Å². The lowest BCUT2D eigenvalue weighted by Gasteiger charge is -2.10. The highest BCUT2D eigenvalue weighted by Gasteiger charge is 2.25. The molecule has 2 heterocycles. The summed E-state index contributed by atoms with van der Waals surface area (Å²) in [4.78, 5) is 16.1. The molecule has 0 bridgehead atoms. The Hall–Kier alpha value is -4.20. The number of carbonyl (C=O) groups excluding carboxylic acids is 1. The summed E-state index contributed by atoms with van der Waals surface area (Å²) < 4.78 is 42.0. The van der Waals surface area contributed by atoms with Gasteiger partial charge in [0.05, 0.1) is 24.4 Å². The third kappa shape index (κ3) is 6.48. The minimum Gasteiger partial charge on any atom is -0.493 e. The number of aryl methyl sites for hydroxylation is 3. The molecule has 8 heteroatoms. The molecule has 0 aliphatic carbocycles. The number of nitrogens with one attached hydrogen (secondary N) is 1. The van der Waals surface area contributed by atoms with Crippen molar-refractivity contribution in [2.45, 2.75) is 61.3 Å². The topological polar surface area (TPSA) is 69.1 Å². The van der Waals surface area contributed by atoms with Crippen molar-refractivity contribution in [3.05, 3.63) is 82.8 Å². The monoisotopic (exact) mass is 577 g/mol. The van der Waals surface area contributed by atoms with Gasteiger partial charge in [-0.15, -0.1) is 0 Å². The molecule has 0 atom stereocenters. The van der Waals surface area contributed by atoms with Crippen LogP contribution in [0.4, 0.5) is 8.78 Å². The Morgan fingerprint density at radius 3 is 2.36 bits per heavy atom. The molecule has 3 aromatic carbocycles.